The molecule has 0 aromatic heterocycles. The highest BCUT2D eigenvalue weighted by Gasteiger charge is 2.29. The maximum atomic E-state index is 5.55. The molecule has 54 valence electrons. The van der Waals surface area contributed by atoms with Gasteiger partial charge in [-0.1, -0.05) is 13.8 Å². The van der Waals surface area contributed by atoms with Crippen LogP contribution in [0.1, 0.15) is 33.1 Å². The second kappa shape index (κ2) is 2.30. The average Bonchev–Trinajstić information content (AvgIpc) is 2.10. The van der Waals surface area contributed by atoms with E-state index in [-0.39, 0.29) is 0 Å². The van der Waals surface area contributed by atoms with Crippen molar-refractivity contribution in [2.24, 2.45) is 17.1 Å². The first-order valence-electron chi connectivity index (χ1n) is 3.84. The van der Waals surface area contributed by atoms with Crippen molar-refractivity contribution in [2.45, 2.75) is 33.1 Å². The maximum Gasteiger partial charge on any atom is -0.00487 e. The summed E-state index contributed by atoms with van der Waals surface area (Å²) in [4.78, 5) is 0. The fourth-order valence-corrected chi connectivity index (χ4v) is 1.78. The molecule has 0 aromatic rings. The smallest absolute Gasteiger partial charge is 0.00487 e. The van der Waals surface area contributed by atoms with E-state index in [0.29, 0.717) is 5.41 Å². The highest BCUT2D eigenvalue weighted by atomic mass is 14.6. The van der Waals surface area contributed by atoms with Crippen LogP contribution in [-0.4, -0.2) is 6.54 Å². The van der Waals surface area contributed by atoms with Gasteiger partial charge in [0.25, 0.3) is 0 Å². The molecule has 1 rings (SSSR count). The Kier molecular flexibility index (Phi) is 1.80. The molecule has 0 aromatic carbocycles. The predicted molar refractivity (Wildman–Crippen MR) is 40.2 cm³/mol. The highest BCUT2D eigenvalue weighted by Crippen LogP contribution is 2.40. The van der Waals surface area contributed by atoms with E-state index in [1.807, 2.05) is 0 Å². The first-order chi connectivity index (χ1) is 4.14. The van der Waals surface area contributed by atoms with Crippen LogP contribution in [-0.2, 0) is 0 Å². The molecule has 2 N–H and O–H groups in total. The third kappa shape index (κ3) is 1.68. The fraction of sp³-hybridized carbons (Fsp3) is 1.00. The Labute approximate surface area is 57.6 Å². The second-order valence-corrected chi connectivity index (χ2v) is 4.01. The number of hydrogen-bond acceptors (Lipinski definition) is 1. The van der Waals surface area contributed by atoms with Gasteiger partial charge in [-0.3, -0.25) is 0 Å². The van der Waals surface area contributed by atoms with Crippen molar-refractivity contribution in [2.75, 3.05) is 6.54 Å². The summed E-state index contributed by atoms with van der Waals surface area (Å²) in [6.07, 6.45) is 4.06. The standard InChI is InChI=1S/C8H17N/c1-8(2)4-3-7(5-8)6-9/h7H,3-6,9H2,1-2H3. The lowest BCUT2D eigenvalue weighted by Gasteiger charge is -2.15. The topological polar surface area (TPSA) is 26.0 Å². The summed E-state index contributed by atoms with van der Waals surface area (Å²) in [6, 6.07) is 0. The van der Waals surface area contributed by atoms with E-state index in [0.717, 1.165) is 12.5 Å². The Hall–Kier alpha value is -0.0400. The molecular weight excluding hydrogens is 110 g/mol. The quantitative estimate of drug-likeness (QED) is 0.570. The van der Waals surface area contributed by atoms with Crippen LogP contribution in [0.5, 0.6) is 0 Å². The molecule has 1 atom stereocenters. The van der Waals surface area contributed by atoms with E-state index in [1.54, 1.807) is 0 Å². The van der Waals surface area contributed by atoms with Gasteiger partial charge in [0.15, 0.2) is 0 Å². The van der Waals surface area contributed by atoms with Crippen molar-refractivity contribution >= 4 is 0 Å². The SMILES string of the molecule is CC1(C)CCC(CN)C1. The molecule has 0 aliphatic heterocycles. The first-order valence-corrected chi connectivity index (χ1v) is 3.84. The Morgan fingerprint density at radius 1 is 1.56 bits per heavy atom. The van der Waals surface area contributed by atoms with Crippen molar-refractivity contribution in [1.29, 1.82) is 0 Å². The van der Waals surface area contributed by atoms with Gasteiger partial charge in [-0.05, 0) is 37.1 Å². The van der Waals surface area contributed by atoms with Crippen molar-refractivity contribution < 1.29 is 0 Å². The summed E-state index contributed by atoms with van der Waals surface area (Å²) in [5.41, 5.74) is 6.14. The summed E-state index contributed by atoms with van der Waals surface area (Å²) in [5.74, 6) is 0.819. The molecule has 0 saturated heterocycles. The van der Waals surface area contributed by atoms with Gasteiger partial charge in [0.1, 0.15) is 0 Å². The summed E-state index contributed by atoms with van der Waals surface area (Å²) in [7, 11) is 0. The van der Waals surface area contributed by atoms with E-state index in [1.165, 1.54) is 19.3 Å². The van der Waals surface area contributed by atoms with Crippen molar-refractivity contribution in [3.63, 3.8) is 0 Å². The van der Waals surface area contributed by atoms with Crippen LogP contribution in [0.4, 0.5) is 0 Å². The summed E-state index contributed by atoms with van der Waals surface area (Å²) in [6.45, 7) is 5.56. The van der Waals surface area contributed by atoms with Crippen LogP contribution >= 0.6 is 0 Å². The van der Waals surface area contributed by atoms with Gasteiger partial charge >= 0.3 is 0 Å². The highest BCUT2D eigenvalue weighted by molar-refractivity contribution is 4.82. The molecule has 1 aliphatic rings. The van der Waals surface area contributed by atoms with E-state index in [4.69, 9.17) is 5.73 Å². The summed E-state index contributed by atoms with van der Waals surface area (Å²) in [5, 5.41) is 0. The molecule has 9 heavy (non-hydrogen) atoms. The zero-order chi connectivity index (χ0) is 6.91. The average molecular weight is 127 g/mol. The maximum absolute atomic E-state index is 5.55. The van der Waals surface area contributed by atoms with Gasteiger partial charge in [0.05, 0.1) is 0 Å². The van der Waals surface area contributed by atoms with Gasteiger partial charge in [-0.25, -0.2) is 0 Å². The molecule has 0 heterocycles. The number of hydrogen-bond donors (Lipinski definition) is 1. The van der Waals surface area contributed by atoms with Crippen LogP contribution in [0, 0.1) is 11.3 Å². The lowest BCUT2D eigenvalue weighted by Crippen LogP contribution is -2.12. The predicted octanol–water partition coefficient (Wildman–Crippen LogP) is 1.77. The molecule has 1 aliphatic carbocycles. The van der Waals surface area contributed by atoms with Crippen molar-refractivity contribution in [3.8, 4) is 0 Å². The Morgan fingerprint density at radius 2 is 2.22 bits per heavy atom. The monoisotopic (exact) mass is 127 g/mol. The molecule has 0 spiro atoms. The molecule has 1 unspecified atom stereocenters. The minimum atomic E-state index is 0.587. The molecule has 0 radical (unpaired) electrons. The first kappa shape index (κ1) is 7.07. The largest absolute Gasteiger partial charge is 0.330 e. The molecule has 1 saturated carbocycles. The third-order valence-corrected chi connectivity index (χ3v) is 2.40. The molecule has 0 amide bonds. The number of nitrogens with two attached hydrogens (primary N) is 1. The van der Waals surface area contributed by atoms with E-state index < -0.39 is 0 Å². The van der Waals surface area contributed by atoms with Gasteiger partial charge < -0.3 is 5.73 Å². The second-order valence-electron chi connectivity index (χ2n) is 4.01. The van der Waals surface area contributed by atoms with Gasteiger partial charge in [-0.15, -0.1) is 0 Å². The lowest BCUT2D eigenvalue weighted by atomic mass is 9.91. The van der Waals surface area contributed by atoms with E-state index >= 15 is 0 Å². The molecular formula is C8H17N. The molecule has 1 heteroatoms. The summed E-state index contributed by atoms with van der Waals surface area (Å²) < 4.78 is 0. The van der Waals surface area contributed by atoms with E-state index in [9.17, 15) is 0 Å². The van der Waals surface area contributed by atoms with Crippen LogP contribution in [0.15, 0.2) is 0 Å². The Morgan fingerprint density at radius 3 is 2.44 bits per heavy atom. The Balaban J connectivity index is 2.38. The Bertz CT molecular complexity index is 96.7. The zero-order valence-corrected chi connectivity index (χ0v) is 6.48. The zero-order valence-electron chi connectivity index (χ0n) is 6.48. The van der Waals surface area contributed by atoms with Crippen molar-refractivity contribution in [1.82, 2.24) is 0 Å². The third-order valence-electron chi connectivity index (χ3n) is 2.40. The van der Waals surface area contributed by atoms with Crippen LogP contribution in [0.3, 0.4) is 0 Å². The lowest BCUT2D eigenvalue weighted by molar-refractivity contribution is 0.362. The van der Waals surface area contributed by atoms with Gasteiger partial charge in [-0.2, -0.15) is 0 Å². The molecule has 1 fully saturated rings. The van der Waals surface area contributed by atoms with Crippen molar-refractivity contribution in [3.05, 3.63) is 0 Å². The molecule has 1 nitrogen and oxygen atoms in total. The van der Waals surface area contributed by atoms with Crippen LogP contribution in [0.25, 0.3) is 0 Å². The molecule has 0 bridgehead atoms. The van der Waals surface area contributed by atoms with Gasteiger partial charge in [0, 0.05) is 0 Å². The number of rotatable bonds is 1. The fourth-order valence-electron chi connectivity index (χ4n) is 1.78. The minimum Gasteiger partial charge on any atom is -0.330 e. The van der Waals surface area contributed by atoms with Crippen LogP contribution in [0.2, 0.25) is 0 Å². The normalized spacial score (nSPS) is 33.0. The van der Waals surface area contributed by atoms with Gasteiger partial charge in [0.2, 0.25) is 0 Å². The minimum absolute atomic E-state index is 0.587. The van der Waals surface area contributed by atoms with Crippen LogP contribution < -0.4 is 5.73 Å². The summed E-state index contributed by atoms with van der Waals surface area (Å²) >= 11 is 0. The van der Waals surface area contributed by atoms with E-state index in [2.05, 4.69) is 13.8 Å².